The lowest BCUT2D eigenvalue weighted by atomic mass is 10.2. The van der Waals surface area contributed by atoms with Gasteiger partial charge in [-0.1, -0.05) is 18.2 Å². The van der Waals surface area contributed by atoms with E-state index in [1.54, 1.807) is 24.3 Å². The number of nitrogens with one attached hydrogen (secondary N) is 2. The van der Waals surface area contributed by atoms with E-state index in [1.807, 2.05) is 43.3 Å². The van der Waals surface area contributed by atoms with E-state index in [0.717, 1.165) is 30.4 Å². The van der Waals surface area contributed by atoms with Gasteiger partial charge in [-0.3, -0.25) is 4.79 Å². The maximum atomic E-state index is 12.4. The molecule has 3 aromatic rings. The quantitative estimate of drug-likeness (QED) is 0.527. The molecule has 8 heteroatoms. The van der Waals surface area contributed by atoms with Crippen molar-refractivity contribution >= 4 is 17.7 Å². The number of aromatic nitrogens is 2. The molecule has 166 valence electrons. The molecule has 0 aliphatic carbocycles. The van der Waals surface area contributed by atoms with Gasteiger partial charge in [0.15, 0.2) is 0 Å². The molecule has 1 aliphatic heterocycles. The fraction of sp³-hybridized carbons (Fsp3) is 0.292. The Labute approximate surface area is 187 Å². The summed E-state index contributed by atoms with van der Waals surface area (Å²) < 4.78 is 11.2. The minimum absolute atomic E-state index is 0.141. The van der Waals surface area contributed by atoms with Gasteiger partial charge in [-0.2, -0.15) is 4.98 Å². The third kappa shape index (κ3) is 5.95. The van der Waals surface area contributed by atoms with Crippen molar-refractivity contribution in [1.29, 1.82) is 0 Å². The minimum Gasteiger partial charge on any atom is -0.457 e. The molecule has 8 nitrogen and oxygen atoms in total. The first kappa shape index (κ1) is 21.6. The van der Waals surface area contributed by atoms with E-state index in [-0.39, 0.29) is 5.91 Å². The molecule has 32 heavy (non-hydrogen) atoms. The topological polar surface area (TPSA) is 88.6 Å². The first-order valence-corrected chi connectivity index (χ1v) is 10.7. The van der Waals surface area contributed by atoms with Crippen molar-refractivity contribution in [2.75, 3.05) is 49.6 Å². The molecular weight excluding hydrogens is 406 g/mol. The molecular formula is C24H27N5O3. The molecule has 4 rings (SSSR count). The summed E-state index contributed by atoms with van der Waals surface area (Å²) in [6.45, 7) is 5.97. The third-order valence-corrected chi connectivity index (χ3v) is 4.96. The summed E-state index contributed by atoms with van der Waals surface area (Å²) in [4.78, 5) is 23.6. The molecule has 0 saturated carbocycles. The lowest BCUT2D eigenvalue weighted by Crippen LogP contribution is -2.37. The maximum Gasteiger partial charge on any atom is 0.251 e. The van der Waals surface area contributed by atoms with Crippen LogP contribution in [0.15, 0.2) is 60.7 Å². The van der Waals surface area contributed by atoms with Crippen molar-refractivity contribution in [2.24, 2.45) is 0 Å². The number of hydrogen-bond acceptors (Lipinski definition) is 7. The zero-order valence-corrected chi connectivity index (χ0v) is 18.1. The van der Waals surface area contributed by atoms with Crippen LogP contribution in [0.25, 0.3) is 0 Å². The summed E-state index contributed by atoms with van der Waals surface area (Å²) in [5.41, 5.74) is 1.47. The predicted octanol–water partition coefficient (Wildman–Crippen LogP) is 3.26. The number of para-hydroxylation sites is 1. The van der Waals surface area contributed by atoms with Crippen molar-refractivity contribution in [2.45, 2.75) is 6.92 Å². The smallest absolute Gasteiger partial charge is 0.251 e. The molecule has 1 saturated heterocycles. The van der Waals surface area contributed by atoms with E-state index >= 15 is 0 Å². The lowest BCUT2D eigenvalue weighted by molar-refractivity contribution is 0.0955. The van der Waals surface area contributed by atoms with Crippen LogP contribution < -0.4 is 20.3 Å². The summed E-state index contributed by atoms with van der Waals surface area (Å²) >= 11 is 0. The Bertz CT molecular complexity index is 1020. The highest BCUT2D eigenvalue weighted by Gasteiger charge is 2.14. The van der Waals surface area contributed by atoms with Crippen LogP contribution in [0.2, 0.25) is 0 Å². The Balaban J connectivity index is 1.25. The second kappa shape index (κ2) is 10.6. The molecule has 2 aromatic carbocycles. The van der Waals surface area contributed by atoms with Crippen LogP contribution >= 0.6 is 0 Å². The number of carbonyl (C=O) groups excluding carboxylic acids is 1. The van der Waals surface area contributed by atoms with Crippen LogP contribution in [0.1, 0.15) is 16.1 Å². The van der Waals surface area contributed by atoms with E-state index in [2.05, 4.69) is 25.5 Å². The molecule has 0 spiro atoms. The van der Waals surface area contributed by atoms with Gasteiger partial charge in [0.1, 0.15) is 17.3 Å². The number of benzene rings is 2. The minimum atomic E-state index is -0.141. The zero-order valence-electron chi connectivity index (χ0n) is 18.1. The Morgan fingerprint density at radius 1 is 1.00 bits per heavy atom. The van der Waals surface area contributed by atoms with Crippen LogP contribution in [0.5, 0.6) is 11.5 Å². The molecule has 2 heterocycles. The van der Waals surface area contributed by atoms with Crippen LogP contribution in [-0.4, -0.2) is 55.3 Å². The first-order valence-electron chi connectivity index (χ1n) is 10.7. The Kier molecular flexibility index (Phi) is 7.14. The van der Waals surface area contributed by atoms with Crippen molar-refractivity contribution in [1.82, 2.24) is 15.3 Å². The molecule has 0 unspecified atom stereocenters. The molecule has 1 aliphatic rings. The Morgan fingerprint density at radius 3 is 2.47 bits per heavy atom. The number of aryl methyl sites for hydroxylation is 1. The second-order valence-electron chi connectivity index (χ2n) is 7.41. The van der Waals surface area contributed by atoms with E-state index in [1.165, 1.54) is 0 Å². The predicted molar refractivity (Wildman–Crippen MR) is 124 cm³/mol. The third-order valence-electron chi connectivity index (χ3n) is 4.96. The normalized spacial score (nSPS) is 13.5. The molecule has 1 amide bonds. The van der Waals surface area contributed by atoms with E-state index < -0.39 is 0 Å². The number of amides is 1. The van der Waals surface area contributed by atoms with Crippen molar-refractivity contribution in [3.63, 3.8) is 0 Å². The molecule has 0 bridgehead atoms. The number of carbonyl (C=O) groups is 1. The molecule has 1 fully saturated rings. The monoisotopic (exact) mass is 433 g/mol. The van der Waals surface area contributed by atoms with Crippen molar-refractivity contribution < 1.29 is 14.3 Å². The molecule has 0 atom stereocenters. The van der Waals surface area contributed by atoms with Crippen LogP contribution in [0.4, 0.5) is 11.8 Å². The molecule has 0 radical (unpaired) electrons. The summed E-state index contributed by atoms with van der Waals surface area (Å²) in [6.07, 6.45) is 0. The van der Waals surface area contributed by atoms with Gasteiger partial charge in [-0.15, -0.1) is 0 Å². The maximum absolute atomic E-state index is 12.4. The SMILES string of the molecule is Cc1cc(N2CCOCC2)nc(NCCNC(=O)c2ccc(Oc3ccccc3)cc2)n1. The summed E-state index contributed by atoms with van der Waals surface area (Å²) in [7, 11) is 0. The average Bonchev–Trinajstić information content (AvgIpc) is 2.83. The second-order valence-corrected chi connectivity index (χ2v) is 7.41. The number of morpholine rings is 1. The molecule has 2 N–H and O–H groups in total. The fourth-order valence-electron chi connectivity index (χ4n) is 3.34. The standard InChI is InChI=1S/C24H27N5O3/c1-18-17-22(29-13-15-31-16-14-29)28-24(27-18)26-12-11-25-23(30)19-7-9-21(10-8-19)32-20-5-3-2-4-6-20/h2-10,17H,11-16H2,1H3,(H,25,30)(H,26,27,28). The van der Waals surface area contributed by atoms with Crippen LogP contribution in [0.3, 0.4) is 0 Å². The number of rotatable bonds is 8. The Hall–Kier alpha value is -3.65. The number of hydrogen-bond donors (Lipinski definition) is 2. The number of anilines is 2. The van der Waals surface area contributed by atoms with Gasteiger partial charge in [0.2, 0.25) is 5.95 Å². The fourth-order valence-corrected chi connectivity index (χ4v) is 3.34. The van der Waals surface area contributed by atoms with Gasteiger partial charge < -0.3 is 25.0 Å². The van der Waals surface area contributed by atoms with Gasteiger partial charge >= 0.3 is 0 Å². The average molecular weight is 434 g/mol. The zero-order chi connectivity index (χ0) is 22.2. The highest BCUT2D eigenvalue weighted by Crippen LogP contribution is 2.21. The van der Waals surface area contributed by atoms with Gasteiger partial charge in [0.05, 0.1) is 13.2 Å². The highest BCUT2D eigenvalue weighted by atomic mass is 16.5. The van der Waals surface area contributed by atoms with Crippen molar-refractivity contribution in [3.05, 3.63) is 71.9 Å². The van der Waals surface area contributed by atoms with E-state index in [4.69, 9.17) is 9.47 Å². The lowest BCUT2D eigenvalue weighted by Gasteiger charge is -2.28. The largest absolute Gasteiger partial charge is 0.457 e. The first-order chi connectivity index (χ1) is 15.7. The summed E-state index contributed by atoms with van der Waals surface area (Å²) in [5.74, 6) is 2.75. The van der Waals surface area contributed by atoms with Gasteiger partial charge in [-0.05, 0) is 43.3 Å². The van der Waals surface area contributed by atoms with Crippen LogP contribution in [0, 0.1) is 6.92 Å². The number of ether oxygens (including phenoxy) is 2. The highest BCUT2D eigenvalue weighted by molar-refractivity contribution is 5.94. The van der Waals surface area contributed by atoms with Crippen molar-refractivity contribution in [3.8, 4) is 11.5 Å². The van der Waals surface area contributed by atoms with Crippen LogP contribution in [-0.2, 0) is 4.74 Å². The Morgan fingerprint density at radius 2 is 1.72 bits per heavy atom. The summed E-state index contributed by atoms with van der Waals surface area (Å²) in [5, 5.41) is 6.10. The van der Waals surface area contributed by atoms with Gasteiger partial charge in [0, 0.05) is 43.5 Å². The van der Waals surface area contributed by atoms with E-state index in [0.29, 0.717) is 43.6 Å². The number of nitrogens with zero attached hydrogens (tertiary/aromatic N) is 3. The molecule has 1 aromatic heterocycles. The van der Waals surface area contributed by atoms with Gasteiger partial charge in [-0.25, -0.2) is 4.98 Å². The van der Waals surface area contributed by atoms with Gasteiger partial charge in [0.25, 0.3) is 5.91 Å². The summed E-state index contributed by atoms with van der Waals surface area (Å²) in [6, 6.07) is 18.6. The van der Waals surface area contributed by atoms with E-state index in [9.17, 15) is 4.79 Å².